The van der Waals surface area contributed by atoms with Gasteiger partial charge in [0.05, 0.1) is 4.99 Å². The highest BCUT2D eigenvalue weighted by atomic mass is 32.1. The van der Waals surface area contributed by atoms with Crippen LogP contribution in [-0.2, 0) is 0 Å². The summed E-state index contributed by atoms with van der Waals surface area (Å²) in [6, 6.07) is 14.4. The van der Waals surface area contributed by atoms with Crippen LogP contribution in [0.25, 0.3) is 10.8 Å². The summed E-state index contributed by atoms with van der Waals surface area (Å²) >= 11 is 5.03. The van der Waals surface area contributed by atoms with Crippen LogP contribution in [0.1, 0.15) is 20.8 Å². The normalized spacial score (nSPS) is 9.19. The first kappa shape index (κ1) is 12.7. The molecule has 2 heteroatoms. The Bertz CT molecular complexity index is 472. The van der Waals surface area contributed by atoms with Crippen molar-refractivity contribution in [2.45, 2.75) is 20.8 Å². The quantitative estimate of drug-likeness (QED) is 0.718. The maximum atomic E-state index is 5.03. The Kier molecular flexibility index (Phi) is 4.93. The molecule has 16 heavy (non-hydrogen) atoms. The molecule has 0 aliphatic rings. The summed E-state index contributed by atoms with van der Waals surface area (Å²) in [7, 11) is 0. The van der Waals surface area contributed by atoms with Crippen LogP contribution < -0.4 is 5.32 Å². The van der Waals surface area contributed by atoms with Gasteiger partial charge in [-0.25, -0.2) is 0 Å². The van der Waals surface area contributed by atoms with Crippen LogP contribution in [0.15, 0.2) is 42.5 Å². The minimum absolute atomic E-state index is 0.793. The first-order valence-electron chi connectivity index (χ1n) is 5.53. The van der Waals surface area contributed by atoms with E-state index in [9.17, 15) is 0 Å². The van der Waals surface area contributed by atoms with Crippen molar-refractivity contribution in [3.8, 4) is 0 Å². The molecule has 0 fully saturated rings. The zero-order valence-electron chi connectivity index (χ0n) is 9.95. The summed E-state index contributed by atoms with van der Waals surface area (Å²) in [4.78, 5) is 0.793. The number of hydrogen-bond acceptors (Lipinski definition) is 1. The Morgan fingerprint density at radius 1 is 1.00 bits per heavy atom. The lowest BCUT2D eigenvalue weighted by Crippen LogP contribution is -2.03. The van der Waals surface area contributed by atoms with E-state index in [4.69, 9.17) is 12.2 Å². The second-order valence-electron chi connectivity index (χ2n) is 3.21. The maximum Gasteiger partial charge on any atom is 0.0765 e. The van der Waals surface area contributed by atoms with Crippen LogP contribution in [-0.4, -0.2) is 4.99 Å². The molecular formula is C14H17NS. The Labute approximate surface area is 102 Å². The van der Waals surface area contributed by atoms with E-state index >= 15 is 0 Å². The zero-order chi connectivity index (χ0) is 12.0. The first-order chi connectivity index (χ1) is 7.77. The Morgan fingerprint density at radius 2 is 1.62 bits per heavy atom. The summed E-state index contributed by atoms with van der Waals surface area (Å²) < 4.78 is 0. The molecule has 0 atom stereocenters. The molecule has 0 unspecified atom stereocenters. The minimum atomic E-state index is 0.793. The van der Waals surface area contributed by atoms with Crippen molar-refractivity contribution >= 4 is 33.7 Å². The molecule has 2 aromatic carbocycles. The lowest BCUT2D eigenvalue weighted by molar-refractivity contribution is 1.50. The second-order valence-corrected chi connectivity index (χ2v) is 3.82. The average Bonchev–Trinajstić information content (AvgIpc) is 2.31. The highest BCUT2D eigenvalue weighted by Crippen LogP contribution is 2.22. The van der Waals surface area contributed by atoms with Crippen LogP contribution in [0.4, 0.5) is 5.69 Å². The zero-order valence-corrected chi connectivity index (χ0v) is 10.8. The van der Waals surface area contributed by atoms with Gasteiger partial charge in [-0.1, -0.05) is 62.5 Å². The summed E-state index contributed by atoms with van der Waals surface area (Å²) in [6.07, 6.45) is 0. The van der Waals surface area contributed by atoms with Crippen molar-refractivity contribution in [3.05, 3.63) is 42.5 Å². The topological polar surface area (TPSA) is 12.0 Å². The number of rotatable bonds is 1. The number of hydrogen-bond donors (Lipinski definition) is 1. The van der Waals surface area contributed by atoms with Crippen LogP contribution in [0.5, 0.6) is 0 Å². The van der Waals surface area contributed by atoms with Crippen molar-refractivity contribution in [1.29, 1.82) is 0 Å². The van der Waals surface area contributed by atoms with E-state index in [2.05, 4.69) is 23.5 Å². The third kappa shape index (κ3) is 3.04. The van der Waals surface area contributed by atoms with Gasteiger partial charge in [0.1, 0.15) is 0 Å². The first-order valence-corrected chi connectivity index (χ1v) is 5.93. The van der Waals surface area contributed by atoms with Gasteiger partial charge in [-0.15, -0.1) is 0 Å². The predicted molar refractivity (Wildman–Crippen MR) is 77.2 cm³/mol. The molecule has 2 aromatic rings. The molecule has 0 saturated carbocycles. The van der Waals surface area contributed by atoms with Crippen molar-refractivity contribution in [1.82, 2.24) is 0 Å². The molecular weight excluding hydrogens is 214 g/mol. The minimum Gasteiger partial charge on any atom is -0.350 e. The molecule has 0 saturated heterocycles. The standard InChI is InChI=1S/C12H11NS.C2H6/c1-9(14)13-12-8-4-6-10-5-2-3-7-11(10)12;1-2/h2-8H,1H3,(H,13,14);1-2H3. The van der Waals surface area contributed by atoms with E-state index in [1.54, 1.807) is 0 Å². The molecule has 1 N–H and O–H groups in total. The fourth-order valence-corrected chi connectivity index (χ4v) is 1.63. The molecule has 0 radical (unpaired) electrons. The highest BCUT2D eigenvalue weighted by molar-refractivity contribution is 7.80. The van der Waals surface area contributed by atoms with E-state index in [1.165, 1.54) is 10.8 Å². The van der Waals surface area contributed by atoms with Crippen LogP contribution >= 0.6 is 12.2 Å². The molecule has 0 spiro atoms. The fraction of sp³-hybridized carbons (Fsp3) is 0.214. The Balaban J connectivity index is 0.000000606. The van der Waals surface area contributed by atoms with E-state index in [-0.39, 0.29) is 0 Å². The molecule has 0 bridgehead atoms. The van der Waals surface area contributed by atoms with Crippen molar-refractivity contribution < 1.29 is 0 Å². The lowest BCUT2D eigenvalue weighted by Gasteiger charge is -2.07. The monoisotopic (exact) mass is 231 g/mol. The van der Waals surface area contributed by atoms with Gasteiger partial charge in [-0.05, 0) is 18.4 Å². The van der Waals surface area contributed by atoms with Crippen molar-refractivity contribution in [2.24, 2.45) is 0 Å². The molecule has 0 amide bonds. The number of anilines is 1. The second kappa shape index (κ2) is 6.23. The lowest BCUT2D eigenvalue weighted by atomic mass is 10.1. The maximum absolute atomic E-state index is 5.03. The van der Waals surface area contributed by atoms with Crippen molar-refractivity contribution in [2.75, 3.05) is 5.32 Å². The molecule has 0 aliphatic heterocycles. The van der Waals surface area contributed by atoms with Gasteiger partial charge in [0.15, 0.2) is 0 Å². The largest absolute Gasteiger partial charge is 0.350 e. The van der Waals surface area contributed by atoms with Gasteiger partial charge < -0.3 is 5.32 Å². The van der Waals surface area contributed by atoms with Gasteiger partial charge in [0.25, 0.3) is 0 Å². The van der Waals surface area contributed by atoms with E-state index < -0.39 is 0 Å². The third-order valence-electron chi connectivity index (χ3n) is 2.10. The Morgan fingerprint density at radius 3 is 2.31 bits per heavy atom. The molecule has 84 valence electrons. The van der Waals surface area contributed by atoms with E-state index in [0.29, 0.717) is 0 Å². The molecule has 2 rings (SSSR count). The van der Waals surface area contributed by atoms with Crippen LogP contribution in [0.2, 0.25) is 0 Å². The number of thiocarbonyl (C=S) groups is 1. The highest BCUT2D eigenvalue weighted by Gasteiger charge is 1.98. The van der Waals surface area contributed by atoms with Gasteiger partial charge >= 0.3 is 0 Å². The van der Waals surface area contributed by atoms with Gasteiger partial charge in [-0.2, -0.15) is 0 Å². The van der Waals surface area contributed by atoms with E-state index in [0.717, 1.165) is 10.7 Å². The number of nitrogens with one attached hydrogen (secondary N) is 1. The third-order valence-corrected chi connectivity index (χ3v) is 2.20. The number of benzene rings is 2. The molecule has 0 heterocycles. The summed E-state index contributed by atoms with van der Waals surface area (Å²) in [6.45, 7) is 5.89. The number of fused-ring (bicyclic) bond motifs is 1. The molecule has 1 nitrogen and oxygen atoms in total. The van der Waals surface area contributed by atoms with Crippen LogP contribution in [0, 0.1) is 0 Å². The Hall–Kier alpha value is -1.41. The molecule has 0 aromatic heterocycles. The van der Waals surface area contributed by atoms with Gasteiger partial charge in [0.2, 0.25) is 0 Å². The fourth-order valence-electron chi connectivity index (χ4n) is 1.52. The van der Waals surface area contributed by atoms with Crippen molar-refractivity contribution in [3.63, 3.8) is 0 Å². The molecule has 0 aliphatic carbocycles. The van der Waals surface area contributed by atoms with E-state index in [1.807, 2.05) is 45.0 Å². The summed E-state index contributed by atoms with van der Waals surface area (Å²) in [5.41, 5.74) is 1.08. The summed E-state index contributed by atoms with van der Waals surface area (Å²) in [5.74, 6) is 0. The summed E-state index contributed by atoms with van der Waals surface area (Å²) in [5, 5.41) is 5.62. The smallest absolute Gasteiger partial charge is 0.0765 e. The average molecular weight is 231 g/mol. The van der Waals surface area contributed by atoms with Crippen LogP contribution in [0.3, 0.4) is 0 Å². The SMILES string of the molecule is CC.CC(=S)Nc1cccc2ccccc12. The van der Waals surface area contributed by atoms with Gasteiger partial charge in [0, 0.05) is 11.1 Å². The van der Waals surface area contributed by atoms with Gasteiger partial charge in [-0.3, -0.25) is 0 Å². The predicted octanol–water partition coefficient (Wildman–Crippen LogP) is 4.63.